The van der Waals surface area contributed by atoms with E-state index in [1.54, 1.807) is 12.1 Å². The fourth-order valence-corrected chi connectivity index (χ4v) is 4.29. The summed E-state index contributed by atoms with van der Waals surface area (Å²) in [6, 6.07) is 13.9. The molecule has 0 atom stereocenters. The molecule has 3 aromatic rings. The number of amides is 1. The van der Waals surface area contributed by atoms with Gasteiger partial charge in [-0.3, -0.25) is 9.69 Å². The third kappa shape index (κ3) is 6.48. The molecule has 4 rings (SSSR count). The number of hydrogen-bond donors (Lipinski definition) is 2. The van der Waals surface area contributed by atoms with Gasteiger partial charge in [0.1, 0.15) is 0 Å². The minimum Gasteiger partial charge on any atom is -0.338 e. The molecule has 0 bridgehead atoms. The number of benzene rings is 2. The Morgan fingerprint density at radius 2 is 1.79 bits per heavy atom. The van der Waals surface area contributed by atoms with E-state index in [4.69, 9.17) is 9.66 Å². The first-order valence-corrected chi connectivity index (χ1v) is 12.6. The number of piperazine rings is 1. The Morgan fingerprint density at radius 3 is 2.50 bits per heavy atom. The van der Waals surface area contributed by atoms with E-state index in [1.165, 1.54) is 17.7 Å². The quantitative estimate of drug-likeness (QED) is 0.495. The van der Waals surface area contributed by atoms with Crippen molar-refractivity contribution in [1.29, 1.82) is 0 Å². The second kappa shape index (κ2) is 10.4. The molecule has 1 fully saturated rings. The first kappa shape index (κ1) is 24.0. The van der Waals surface area contributed by atoms with E-state index >= 15 is 0 Å². The van der Waals surface area contributed by atoms with Crippen LogP contribution in [0.15, 0.2) is 57.9 Å². The molecular formula is C23H28N6O4S. The lowest BCUT2D eigenvalue weighted by molar-refractivity contribution is -0.116. The van der Waals surface area contributed by atoms with Gasteiger partial charge in [-0.05, 0) is 25.1 Å². The van der Waals surface area contributed by atoms with Crippen molar-refractivity contribution >= 4 is 21.6 Å². The molecule has 180 valence electrons. The second-order valence-corrected chi connectivity index (χ2v) is 9.93. The van der Waals surface area contributed by atoms with Crippen LogP contribution < -0.4 is 10.5 Å². The van der Waals surface area contributed by atoms with Crippen molar-refractivity contribution in [3.63, 3.8) is 0 Å². The maximum Gasteiger partial charge on any atom is 0.241 e. The van der Waals surface area contributed by atoms with E-state index in [0.29, 0.717) is 36.9 Å². The molecule has 0 radical (unpaired) electrons. The molecule has 0 spiro atoms. The van der Waals surface area contributed by atoms with Crippen LogP contribution in [0.5, 0.6) is 0 Å². The number of nitrogens with one attached hydrogen (secondary N) is 1. The summed E-state index contributed by atoms with van der Waals surface area (Å²) in [6.45, 7) is 6.56. The van der Waals surface area contributed by atoms with Gasteiger partial charge in [0, 0.05) is 50.4 Å². The van der Waals surface area contributed by atoms with Crippen molar-refractivity contribution in [2.24, 2.45) is 5.14 Å². The highest BCUT2D eigenvalue weighted by Gasteiger charge is 2.20. The number of sulfonamides is 1. The first-order valence-electron chi connectivity index (χ1n) is 11.0. The lowest BCUT2D eigenvalue weighted by Crippen LogP contribution is -2.46. The maximum atomic E-state index is 12.3. The summed E-state index contributed by atoms with van der Waals surface area (Å²) in [5, 5.41) is 12.0. The lowest BCUT2D eigenvalue weighted by Gasteiger charge is -2.33. The van der Waals surface area contributed by atoms with Crippen LogP contribution in [0.4, 0.5) is 5.69 Å². The summed E-state index contributed by atoms with van der Waals surface area (Å²) in [6.07, 6.45) is 0.309. The molecule has 34 heavy (non-hydrogen) atoms. The molecule has 2 aromatic carbocycles. The minimum absolute atomic E-state index is 0.0337. The molecule has 0 saturated carbocycles. The number of rotatable bonds is 8. The molecule has 1 amide bonds. The monoisotopic (exact) mass is 484 g/mol. The van der Waals surface area contributed by atoms with Gasteiger partial charge in [0.25, 0.3) is 0 Å². The predicted molar refractivity (Wildman–Crippen MR) is 127 cm³/mol. The van der Waals surface area contributed by atoms with Gasteiger partial charge in [0.2, 0.25) is 27.6 Å². The second-order valence-electron chi connectivity index (χ2n) is 8.37. The summed E-state index contributed by atoms with van der Waals surface area (Å²) in [5.41, 5.74) is 2.52. The van der Waals surface area contributed by atoms with Crippen LogP contribution >= 0.6 is 0 Å². The van der Waals surface area contributed by atoms with Crippen LogP contribution in [-0.2, 0) is 21.4 Å². The van der Waals surface area contributed by atoms with E-state index in [-0.39, 0.29) is 10.8 Å². The van der Waals surface area contributed by atoms with E-state index in [1.807, 2.05) is 31.2 Å². The molecule has 2 heterocycles. The summed E-state index contributed by atoms with van der Waals surface area (Å²) in [5.74, 6) is 1.00. The average Bonchev–Trinajstić information content (AvgIpc) is 3.27. The number of carbonyl (C=O) groups is 1. The van der Waals surface area contributed by atoms with E-state index in [9.17, 15) is 13.2 Å². The van der Waals surface area contributed by atoms with E-state index in [0.717, 1.165) is 31.7 Å². The fourth-order valence-electron chi connectivity index (χ4n) is 3.74. The van der Waals surface area contributed by atoms with Crippen molar-refractivity contribution < 1.29 is 17.7 Å². The molecule has 11 heteroatoms. The van der Waals surface area contributed by atoms with Crippen LogP contribution in [0.1, 0.15) is 17.9 Å². The molecular weight excluding hydrogens is 456 g/mol. The standard InChI is InChI=1S/C23H28N6O4S/c1-17-5-7-18(8-6-17)23-26-22(33-27-23)16-29-13-11-28(12-14-29)10-9-21(30)25-19-3-2-4-20(15-19)34(24,31)32/h2-8,15H,9-14,16H2,1H3,(H,25,30)(H2,24,31,32). The number of nitrogens with two attached hydrogens (primary N) is 1. The van der Waals surface area contributed by atoms with Crippen molar-refractivity contribution in [1.82, 2.24) is 19.9 Å². The molecule has 1 aliphatic heterocycles. The number of nitrogens with zero attached hydrogens (tertiary/aromatic N) is 4. The van der Waals surface area contributed by atoms with E-state index < -0.39 is 10.0 Å². The zero-order chi connectivity index (χ0) is 24.1. The number of aromatic nitrogens is 2. The molecule has 1 saturated heterocycles. The number of hydrogen-bond acceptors (Lipinski definition) is 8. The van der Waals surface area contributed by atoms with Crippen molar-refractivity contribution in [3.8, 4) is 11.4 Å². The number of carbonyl (C=O) groups excluding carboxylic acids is 1. The Balaban J connectivity index is 1.20. The normalized spacial score (nSPS) is 15.4. The first-order chi connectivity index (χ1) is 16.3. The van der Waals surface area contributed by atoms with Crippen molar-refractivity contribution in [2.75, 3.05) is 38.0 Å². The lowest BCUT2D eigenvalue weighted by atomic mass is 10.1. The third-order valence-electron chi connectivity index (χ3n) is 5.70. The van der Waals surface area contributed by atoms with Gasteiger partial charge in [-0.15, -0.1) is 0 Å². The van der Waals surface area contributed by atoms with Gasteiger partial charge < -0.3 is 14.7 Å². The summed E-state index contributed by atoms with van der Waals surface area (Å²) >= 11 is 0. The van der Waals surface area contributed by atoms with Gasteiger partial charge in [-0.25, -0.2) is 13.6 Å². The summed E-state index contributed by atoms with van der Waals surface area (Å²) in [7, 11) is -3.81. The molecule has 3 N–H and O–H groups in total. The number of anilines is 1. The Kier molecular flexibility index (Phi) is 7.37. The van der Waals surface area contributed by atoms with Gasteiger partial charge in [-0.1, -0.05) is 41.1 Å². The average molecular weight is 485 g/mol. The molecule has 1 aliphatic rings. The minimum atomic E-state index is -3.81. The zero-order valence-electron chi connectivity index (χ0n) is 19.0. The Hall–Kier alpha value is -3.12. The largest absolute Gasteiger partial charge is 0.338 e. The van der Waals surface area contributed by atoms with E-state index in [2.05, 4.69) is 25.3 Å². The number of primary sulfonamides is 1. The van der Waals surface area contributed by atoms with Crippen LogP contribution in [0, 0.1) is 6.92 Å². The Bertz CT molecular complexity index is 1230. The fraction of sp³-hybridized carbons (Fsp3) is 0.348. The van der Waals surface area contributed by atoms with Crippen LogP contribution in [0.2, 0.25) is 0 Å². The topological polar surface area (TPSA) is 135 Å². The van der Waals surface area contributed by atoms with Gasteiger partial charge >= 0.3 is 0 Å². The van der Waals surface area contributed by atoms with Crippen molar-refractivity contribution in [3.05, 3.63) is 60.0 Å². The van der Waals surface area contributed by atoms with Crippen LogP contribution in [-0.4, -0.2) is 67.0 Å². The van der Waals surface area contributed by atoms with Crippen LogP contribution in [0.25, 0.3) is 11.4 Å². The molecule has 0 unspecified atom stereocenters. The molecule has 1 aromatic heterocycles. The van der Waals surface area contributed by atoms with Crippen LogP contribution in [0.3, 0.4) is 0 Å². The maximum absolute atomic E-state index is 12.3. The molecule has 0 aliphatic carbocycles. The Labute approximate surface area is 198 Å². The number of aryl methyl sites for hydroxylation is 1. The summed E-state index contributed by atoms with van der Waals surface area (Å²) < 4.78 is 28.4. The highest BCUT2D eigenvalue weighted by molar-refractivity contribution is 7.89. The van der Waals surface area contributed by atoms with Gasteiger partial charge in [0.15, 0.2) is 0 Å². The predicted octanol–water partition coefficient (Wildman–Crippen LogP) is 1.84. The molecule has 10 nitrogen and oxygen atoms in total. The summed E-state index contributed by atoms with van der Waals surface area (Å²) in [4.78, 5) is 21.3. The Morgan fingerprint density at radius 1 is 1.09 bits per heavy atom. The van der Waals surface area contributed by atoms with Gasteiger partial charge in [0.05, 0.1) is 11.4 Å². The van der Waals surface area contributed by atoms with Crippen molar-refractivity contribution in [2.45, 2.75) is 24.8 Å². The van der Waals surface area contributed by atoms with Gasteiger partial charge in [-0.2, -0.15) is 4.98 Å². The zero-order valence-corrected chi connectivity index (χ0v) is 19.8. The SMILES string of the molecule is Cc1ccc(-c2noc(CN3CCN(CCC(=O)Nc4cccc(S(N)(=O)=O)c4)CC3)n2)cc1. The highest BCUT2D eigenvalue weighted by Crippen LogP contribution is 2.18. The third-order valence-corrected chi connectivity index (χ3v) is 6.61. The highest BCUT2D eigenvalue weighted by atomic mass is 32.2. The smallest absolute Gasteiger partial charge is 0.241 e.